The van der Waals surface area contributed by atoms with Gasteiger partial charge < -0.3 is 5.32 Å². The lowest BCUT2D eigenvalue weighted by atomic mass is 10.0. The summed E-state index contributed by atoms with van der Waals surface area (Å²) in [5, 5.41) is 3.86. The minimum absolute atomic E-state index is 0.142. The van der Waals surface area contributed by atoms with Gasteiger partial charge in [0.05, 0.1) is 22.8 Å². The molecule has 1 saturated heterocycles. The lowest BCUT2D eigenvalue weighted by Crippen LogP contribution is -2.37. The zero-order valence-electron chi connectivity index (χ0n) is 16.0. The molecule has 1 amide bonds. The molecule has 4 rings (SSSR count). The van der Waals surface area contributed by atoms with E-state index < -0.39 is 0 Å². The van der Waals surface area contributed by atoms with Crippen LogP contribution in [0.4, 0.5) is 4.39 Å². The molecule has 144 valence electrons. The van der Waals surface area contributed by atoms with Gasteiger partial charge in [0.2, 0.25) is 0 Å². The van der Waals surface area contributed by atoms with E-state index in [4.69, 9.17) is 0 Å². The fourth-order valence-corrected chi connectivity index (χ4v) is 3.94. The first kappa shape index (κ1) is 18.6. The molecule has 0 spiro atoms. The van der Waals surface area contributed by atoms with Crippen LogP contribution in [0.5, 0.6) is 0 Å². The van der Waals surface area contributed by atoms with Crippen LogP contribution >= 0.6 is 0 Å². The van der Waals surface area contributed by atoms with E-state index in [1.165, 1.54) is 30.5 Å². The Morgan fingerprint density at radius 1 is 1.14 bits per heavy atom. The number of amides is 1. The number of fused-ring (bicyclic) bond motifs is 1. The first-order chi connectivity index (χ1) is 13.6. The largest absolute Gasteiger partial charge is 0.350 e. The van der Waals surface area contributed by atoms with Gasteiger partial charge in [-0.25, -0.2) is 4.39 Å². The third-order valence-electron chi connectivity index (χ3n) is 5.44. The van der Waals surface area contributed by atoms with E-state index in [2.05, 4.69) is 27.3 Å². The van der Waals surface area contributed by atoms with Crippen molar-refractivity contribution in [1.82, 2.24) is 15.2 Å². The summed E-state index contributed by atoms with van der Waals surface area (Å²) in [6.45, 7) is 4.44. The van der Waals surface area contributed by atoms with Crippen LogP contribution < -0.4 is 5.32 Å². The number of aromatic nitrogens is 1. The molecule has 5 heteroatoms. The molecule has 1 unspecified atom stereocenters. The number of nitrogens with zero attached hydrogens (tertiary/aromatic N) is 2. The molecule has 2 heterocycles. The summed E-state index contributed by atoms with van der Waals surface area (Å²) in [5.41, 5.74) is 2.92. The zero-order chi connectivity index (χ0) is 19.5. The quantitative estimate of drug-likeness (QED) is 0.723. The molecular weight excluding hydrogens is 353 g/mol. The van der Waals surface area contributed by atoms with Crippen molar-refractivity contribution in [3.63, 3.8) is 0 Å². The van der Waals surface area contributed by atoms with E-state index in [0.29, 0.717) is 23.3 Å². The summed E-state index contributed by atoms with van der Waals surface area (Å²) in [6.07, 6.45) is 2.39. The van der Waals surface area contributed by atoms with Crippen molar-refractivity contribution >= 4 is 16.8 Å². The maximum absolute atomic E-state index is 13.4. The molecule has 0 saturated carbocycles. The minimum atomic E-state index is -0.326. The molecule has 1 N–H and O–H groups in total. The van der Waals surface area contributed by atoms with E-state index in [1.54, 1.807) is 19.1 Å². The summed E-state index contributed by atoms with van der Waals surface area (Å²) in [4.78, 5) is 19.7. The number of halogens is 1. The fraction of sp³-hybridized carbons (Fsp3) is 0.304. The average molecular weight is 377 g/mol. The van der Waals surface area contributed by atoms with Gasteiger partial charge in [-0.05, 0) is 56.6 Å². The molecule has 1 atom stereocenters. The normalized spacial score (nSPS) is 15.6. The van der Waals surface area contributed by atoms with E-state index in [0.717, 1.165) is 18.5 Å². The summed E-state index contributed by atoms with van der Waals surface area (Å²) in [7, 11) is 0. The van der Waals surface area contributed by atoms with Gasteiger partial charge >= 0.3 is 0 Å². The number of likely N-dealkylation sites (tertiary alicyclic amines) is 1. The van der Waals surface area contributed by atoms with Crippen molar-refractivity contribution in [1.29, 1.82) is 0 Å². The third kappa shape index (κ3) is 3.90. The number of carbonyl (C=O) groups excluding carboxylic acids is 1. The van der Waals surface area contributed by atoms with Gasteiger partial charge in [0.15, 0.2) is 0 Å². The molecule has 3 aromatic rings. The molecule has 1 aromatic heterocycles. The van der Waals surface area contributed by atoms with Crippen LogP contribution in [0.2, 0.25) is 0 Å². The summed E-state index contributed by atoms with van der Waals surface area (Å²) >= 11 is 0. The number of pyridine rings is 1. The van der Waals surface area contributed by atoms with Crippen molar-refractivity contribution < 1.29 is 9.18 Å². The Hall–Kier alpha value is -2.79. The molecule has 4 nitrogen and oxygen atoms in total. The Labute approximate surface area is 164 Å². The van der Waals surface area contributed by atoms with Crippen LogP contribution in [0.1, 0.15) is 40.5 Å². The maximum Gasteiger partial charge on any atom is 0.253 e. The van der Waals surface area contributed by atoms with Gasteiger partial charge in [0, 0.05) is 18.0 Å². The highest BCUT2D eigenvalue weighted by molar-refractivity contribution is 5.98. The maximum atomic E-state index is 13.4. The smallest absolute Gasteiger partial charge is 0.253 e. The van der Waals surface area contributed by atoms with Gasteiger partial charge in [0.1, 0.15) is 5.82 Å². The second-order valence-corrected chi connectivity index (χ2v) is 7.34. The van der Waals surface area contributed by atoms with Crippen molar-refractivity contribution in [2.75, 3.05) is 19.6 Å². The van der Waals surface area contributed by atoms with E-state index in [-0.39, 0.29) is 17.8 Å². The van der Waals surface area contributed by atoms with Crippen LogP contribution in [-0.4, -0.2) is 35.4 Å². The van der Waals surface area contributed by atoms with E-state index >= 15 is 0 Å². The highest BCUT2D eigenvalue weighted by Gasteiger charge is 2.24. The van der Waals surface area contributed by atoms with Gasteiger partial charge in [-0.2, -0.15) is 0 Å². The van der Waals surface area contributed by atoms with Crippen LogP contribution in [0, 0.1) is 12.7 Å². The fourth-order valence-electron chi connectivity index (χ4n) is 3.94. The number of benzene rings is 2. The molecule has 1 aliphatic rings. The highest BCUT2D eigenvalue weighted by atomic mass is 19.1. The number of rotatable bonds is 5. The molecule has 0 radical (unpaired) electrons. The first-order valence-corrected chi connectivity index (χ1v) is 9.76. The number of hydrogen-bond acceptors (Lipinski definition) is 3. The number of aryl methyl sites for hydroxylation is 1. The molecule has 28 heavy (non-hydrogen) atoms. The zero-order valence-corrected chi connectivity index (χ0v) is 16.0. The SMILES string of the molecule is Cc1nc2cc(F)ccc2cc1C(=O)NCC(c1ccccc1)N1CCCC1. The van der Waals surface area contributed by atoms with Crippen LogP contribution in [0.15, 0.2) is 54.6 Å². The average Bonchev–Trinajstić information content (AvgIpc) is 3.22. The standard InChI is InChI=1S/C23H24FN3O/c1-16-20(13-18-9-10-19(24)14-21(18)26-16)23(28)25-15-22(27-11-5-6-12-27)17-7-3-2-4-8-17/h2-4,7-10,13-14,22H,5-6,11-12,15H2,1H3,(H,25,28). The Morgan fingerprint density at radius 2 is 1.89 bits per heavy atom. The van der Waals surface area contributed by atoms with Crippen molar-refractivity contribution in [3.05, 3.63) is 77.2 Å². The second-order valence-electron chi connectivity index (χ2n) is 7.34. The topological polar surface area (TPSA) is 45.2 Å². The van der Waals surface area contributed by atoms with Crippen LogP contribution in [-0.2, 0) is 0 Å². The van der Waals surface area contributed by atoms with E-state index in [1.807, 2.05) is 18.2 Å². The Bertz CT molecular complexity index is 984. The number of carbonyl (C=O) groups is 1. The molecule has 1 aliphatic heterocycles. The molecule has 0 aliphatic carbocycles. The van der Waals surface area contributed by atoms with Gasteiger partial charge in [-0.15, -0.1) is 0 Å². The van der Waals surface area contributed by atoms with Crippen LogP contribution in [0.25, 0.3) is 10.9 Å². The number of nitrogens with one attached hydrogen (secondary N) is 1. The van der Waals surface area contributed by atoms with E-state index in [9.17, 15) is 9.18 Å². The van der Waals surface area contributed by atoms with Crippen LogP contribution in [0.3, 0.4) is 0 Å². The van der Waals surface area contributed by atoms with Crippen molar-refractivity contribution in [2.24, 2.45) is 0 Å². The summed E-state index contributed by atoms with van der Waals surface area (Å²) < 4.78 is 13.4. The monoisotopic (exact) mass is 377 g/mol. The van der Waals surface area contributed by atoms with Gasteiger partial charge in [-0.1, -0.05) is 30.3 Å². The van der Waals surface area contributed by atoms with Crippen molar-refractivity contribution in [3.8, 4) is 0 Å². The van der Waals surface area contributed by atoms with Crippen molar-refractivity contribution in [2.45, 2.75) is 25.8 Å². The Kier molecular flexibility index (Phi) is 5.35. The third-order valence-corrected chi connectivity index (χ3v) is 5.44. The predicted octanol–water partition coefficient (Wildman–Crippen LogP) is 4.25. The van der Waals surface area contributed by atoms with Gasteiger partial charge in [-0.3, -0.25) is 14.7 Å². The molecule has 0 bridgehead atoms. The molecular formula is C23H24FN3O. The minimum Gasteiger partial charge on any atom is -0.350 e. The highest BCUT2D eigenvalue weighted by Crippen LogP contribution is 2.25. The second kappa shape index (κ2) is 8.07. The summed E-state index contributed by atoms with van der Waals surface area (Å²) in [6, 6.07) is 16.7. The Balaban J connectivity index is 1.54. The predicted molar refractivity (Wildman–Crippen MR) is 109 cm³/mol. The number of hydrogen-bond donors (Lipinski definition) is 1. The first-order valence-electron chi connectivity index (χ1n) is 9.76. The van der Waals surface area contributed by atoms with Gasteiger partial charge in [0.25, 0.3) is 5.91 Å². The lowest BCUT2D eigenvalue weighted by Gasteiger charge is -2.28. The Morgan fingerprint density at radius 3 is 2.64 bits per heavy atom. The molecule has 1 fully saturated rings. The summed E-state index contributed by atoms with van der Waals surface area (Å²) in [5.74, 6) is -0.468. The lowest BCUT2D eigenvalue weighted by molar-refractivity contribution is 0.0937. The molecule has 2 aromatic carbocycles.